The number of aryl methyl sites for hydroxylation is 2. The van der Waals surface area contributed by atoms with Gasteiger partial charge in [0.25, 0.3) is 0 Å². The van der Waals surface area contributed by atoms with Gasteiger partial charge in [0.1, 0.15) is 5.75 Å². The van der Waals surface area contributed by atoms with E-state index in [1.54, 1.807) is 7.11 Å². The first-order valence-corrected chi connectivity index (χ1v) is 7.30. The van der Waals surface area contributed by atoms with Crippen LogP contribution in [0.15, 0.2) is 40.9 Å². The standard InChI is InChI=1S/C16H16BrClO/c1-10-4-7-15(17)14(8-10)16(18)13-6-5-12(19-3)9-11(13)2/h4-9,16H,1-3H3. The Bertz CT molecular complexity index is 595. The van der Waals surface area contributed by atoms with Crippen molar-refractivity contribution in [2.24, 2.45) is 0 Å². The Morgan fingerprint density at radius 2 is 1.79 bits per heavy atom. The van der Waals surface area contributed by atoms with E-state index in [0.29, 0.717) is 0 Å². The molecular weight excluding hydrogens is 324 g/mol. The number of benzene rings is 2. The predicted molar refractivity (Wildman–Crippen MR) is 84.3 cm³/mol. The Morgan fingerprint density at radius 3 is 2.42 bits per heavy atom. The molecule has 0 aliphatic rings. The number of rotatable bonds is 3. The van der Waals surface area contributed by atoms with Gasteiger partial charge in [-0.2, -0.15) is 0 Å². The minimum atomic E-state index is -0.166. The van der Waals surface area contributed by atoms with Gasteiger partial charge in [-0.05, 0) is 48.7 Å². The van der Waals surface area contributed by atoms with Crippen molar-refractivity contribution in [1.29, 1.82) is 0 Å². The van der Waals surface area contributed by atoms with E-state index in [9.17, 15) is 0 Å². The quantitative estimate of drug-likeness (QED) is 0.680. The SMILES string of the molecule is COc1ccc(C(Cl)c2cc(C)ccc2Br)c(C)c1. The van der Waals surface area contributed by atoms with Gasteiger partial charge in [0.15, 0.2) is 0 Å². The van der Waals surface area contributed by atoms with Gasteiger partial charge in [0.05, 0.1) is 12.5 Å². The third-order valence-electron chi connectivity index (χ3n) is 3.17. The predicted octanol–water partition coefficient (Wildman–Crippen LogP) is 5.40. The highest BCUT2D eigenvalue weighted by Crippen LogP contribution is 2.36. The Morgan fingerprint density at radius 1 is 1.05 bits per heavy atom. The summed E-state index contributed by atoms with van der Waals surface area (Å²) in [6.07, 6.45) is 0. The lowest BCUT2D eigenvalue weighted by Crippen LogP contribution is -1.98. The molecule has 0 bridgehead atoms. The summed E-state index contributed by atoms with van der Waals surface area (Å²) in [5.74, 6) is 0.855. The van der Waals surface area contributed by atoms with E-state index in [2.05, 4.69) is 41.9 Å². The monoisotopic (exact) mass is 338 g/mol. The summed E-state index contributed by atoms with van der Waals surface area (Å²) in [4.78, 5) is 0. The van der Waals surface area contributed by atoms with Crippen molar-refractivity contribution in [2.45, 2.75) is 19.2 Å². The van der Waals surface area contributed by atoms with Gasteiger partial charge in [-0.15, -0.1) is 11.6 Å². The summed E-state index contributed by atoms with van der Waals surface area (Å²) in [6.45, 7) is 4.12. The van der Waals surface area contributed by atoms with Crippen molar-refractivity contribution in [1.82, 2.24) is 0 Å². The largest absolute Gasteiger partial charge is 0.497 e. The topological polar surface area (TPSA) is 9.23 Å². The summed E-state index contributed by atoms with van der Waals surface area (Å²) < 4.78 is 6.26. The second kappa shape index (κ2) is 5.98. The van der Waals surface area contributed by atoms with Gasteiger partial charge in [0.2, 0.25) is 0 Å². The van der Waals surface area contributed by atoms with Crippen LogP contribution in [-0.4, -0.2) is 7.11 Å². The zero-order valence-corrected chi connectivity index (χ0v) is 13.5. The van der Waals surface area contributed by atoms with E-state index in [4.69, 9.17) is 16.3 Å². The number of ether oxygens (including phenoxy) is 1. The lowest BCUT2D eigenvalue weighted by atomic mass is 9.98. The van der Waals surface area contributed by atoms with Crippen LogP contribution in [0.1, 0.15) is 27.6 Å². The maximum Gasteiger partial charge on any atom is 0.119 e. The smallest absolute Gasteiger partial charge is 0.119 e. The van der Waals surface area contributed by atoms with E-state index in [-0.39, 0.29) is 5.38 Å². The van der Waals surface area contributed by atoms with Crippen LogP contribution in [0.3, 0.4) is 0 Å². The maximum atomic E-state index is 6.64. The van der Waals surface area contributed by atoms with Crippen LogP contribution in [0.25, 0.3) is 0 Å². The fraction of sp³-hybridized carbons (Fsp3) is 0.250. The van der Waals surface area contributed by atoms with Crippen molar-refractivity contribution < 1.29 is 4.74 Å². The molecule has 0 saturated carbocycles. The Hall–Kier alpha value is -0.990. The normalized spacial score (nSPS) is 12.3. The van der Waals surface area contributed by atoms with Crippen molar-refractivity contribution in [2.75, 3.05) is 7.11 Å². The van der Waals surface area contributed by atoms with Gasteiger partial charge in [-0.1, -0.05) is 39.7 Å². The molecule has 2 aromatic rings. The number of methoxy groups -OCH3 is 1. The fourth-order valence-electron chi connectivity index (χ4n) is 2.08. The molecule has 2 rings (SSSR count). The van der Waals surface area contributed by atoms with E-state index in [0.717, 1.165) is 26.9 Å². The number of hydrogen-bond donors (Lipinski definition) is 0. The van der Waals surface area contributed by atoms with E-state index in [1.807, 2.05) is 24.3 Å². The summed E-state index contributed by atoms with van der Waals surface area (Å²) in [7, 11) is 1.67. The third kappa shape index (κ3) is 3.13. The molecule has 0 fully saturated rings. The van der Waals surface area contributed by atoms with Crippen molar-refractivity contribution in [3.05, 3.63) is 63.1 Å². The molecule has 1 unspecified atom stereocenters. The first-order valence-electron chi connectivity index (χ1n) is 6.07. The summed E-state index contributed by atoms with van der Waals surface area (Å²) in [5, 5.41) is -0.166. The zero-order valence-electron chi connectivity index (χ0n) is 11.2. The molecule has 2 aromatic carbocycles. The van der Waals surface area contributed by atoms with Crippen molar-refractivity contribution >= 4 is 27.5 Å². The average Bonchev–Trinajstić information content (AvgIpc) is 2.40. The van der Waals surface area contributed by atoms with Crippen LogP contribution < -0.4 is 4.74 Å². The van der Waals surface area contributed by atoms with E-state index >= 15 is 0 Å². The molecule has 0 radical (unpaired) electrons. The highest BCUT2D eigenvalue weighted by molar-refractivity contribution is 9.10. The Labute approximate surface area is 127 Å². The van der Waals surface area contributed by atoms with Gasteiger partial charge in [-0.25, -0.2) is 0 Å². The van der Waals surface area contributed by atoms with Gasteiger partial charge in [-0.3, -0.25) is 0 Å². The minimum Gasteiger partial charge on any atom is -0.497 e. The van der Waals surface area contributed by atoms with E-state index in [1.165, 1.54) is 5.56 Å². The fourth-order valence-corrected chi connectivity index (χ4v) is 3.12. The first-order chi connectivity index (χ1) is 9.02. The van der Waals surface area contributed by atoms with Gasteiger partial charge < -0.3 is 4.74 Å². The summed E-state index contributed by atoms with van der Waals surface area (Å²) in [5.41, 5.74) is 4.53. The minimum absolute atomic E-state index is 0.166. The van der Waals surface area contributed by atoms with Gasteiger partial charge >= 0.3 is 0 Å². The average molecular weight is 340 g/mol. The molecule has 1 nitrogen and oxygen atoms in total. The van der Waals surface area contributed by atoms with Crippen LogP contribution >= 0.6 is 27.5 Å². The highest BCUT2D eigenvalue weighted by atomic mass is 79.9. The molecule has 3 heteroatoms. The number of halogens is 2. The molecule has 0 spiro atoms. The summed E-state index contributed by atoms with van der Waals surface area (Å²) >= 11 is 10.2. The highest BCUT2D eigenvalue weighted by Gasteiger charge is 2.16. The van der Waals surface area contributed by atoms with Crippen LogP contribution in [-0.2, 0) is 0 Å². The number of alkyl halides is 1. The second-order valence-electron chi connectivity index (χ2n) is 4.61. The lowest BCUT2D eigenvalue weighted by Gasteiger charge is -2.16. The second-order valence-corrected chi connectivity index (χ2v) is 5.90. The number of hydrogen-bond acceptors (Lipinski definition) is 1. The van der Waals surface area contributed by atoms with Crippen molar-refractivity contribution in [3.63, 3.8) is 0 Å². The molecule has 0 aliphatic heterocycles. The van der Waals surface area contributed by atoms with Gasteiger partial charge in [0, 0.05) is 4.47 Å². The molecule has 0 N–H and O–H groups in total. The summed E-state index contributed by atoms with van der Waals surface area (Å²) in [6, 6.07) is 12.2. The Kier molecular flexibility index (Phi) is 4.54. The molecular formula is C16H16BrClO. The molecule has 0 amide bonds. The molecule has 1 atom stereocenters. The van der Waals surface area contributed by atoms with Crippen LogP contribution in [0.2, 0.25) is 0 Å². The van der Waals surface area contributed by atoms with Crippen molar-refractivity contribution in [3.8, 4) is 5.75 Å². The Balaban J connectivity index is 2.43. The first kappa shape index (κ1) is 14.4. The van der Waals surface area contributed by atoms with Crippen LogP contribution in [0.5, 0.6) is 5.75 Å². The molecule has 100 valence electrons. The maximum absolute atomic E-state index is 6.64. The molecule has 0 saturated heterocycles. The lowest BCUT2D eigenvalue weighted by molar-refractivity contribution is 0.414. The zero-order chi connectivity index (χ0) is 14.0. The van der Waals surface area contributed by atoms with E-state index < -0.39 is 0 Å². The van der Waals surface area contributed by atoms with Crippen LogP contribution in [0.4, 0.5) is 0 Å². The molecule has 19 heavy (non-hydrogen) atoms. The molecule has 0 heterocycles. The molecule has 0 aromatic heterocycles. The molecule has 0 aliphatic carbocycles. The third-order valence-corrected chi connectivity index (χ3v) is 4.37. The van der Waals surface area contributed by atoms with Crippen LogP contribution in [0, 0.1) is 13.8 Å².